The molecule has 3 heterocycles. The van der Waals surface area contributed by atoms with E-state index in [9.17, 15) is 9.59 Å². The topological polar surface area (TPSA) is 73.7 Å². The normalized spacial score (nSPS) is 19.6. The number of carbonyl (C=O) groups excluding carboxylic acids is 1. The third-order valence-corrected chi connectivity index (χ3v) is 7.34. The van der Waals surface area contributed by atoms with Crippen molar-refractivity contribution in [3.8, 4) is 0 Å². The zero-order valence-electron chi connectivity index (χ0n) is 18.4. The quantitative estimate of drug-likeness (QED) is 0.411. The number of amides is 1. The molecule has 2 aromatic carbocycles. The van der Waals surface area contributed by atoms with Gasteiger partial charge in [-0.3, -0.25) is 14.2 Å². The molecule has 2 aliphatic heterocycles. The van der Waals surface area contributed by atoms with E-state index in [1.54, 1.807) is 10.6 Å². The zero-order chi connectivity index (χ0) is 22.6. The maximum absolute atomic E-state index is 13.6. The van der Waals surface area contributed by atoms with Crippen molar-refractivity contribution in [3.63, 3.8) is 0 Å². The zero-order valence-corrected chi connectivity index (χ0v) is 19.2. The van der Waals surface area contributed by atoms with Gasteiger partial charge in [-0.15, -0.1) is 0 Å². The molecule has 172 valence electrons. The molecule has 2 aliphatic rings. The van der Waals surface area contributed by atoms with E-state index in [2.05, 4.69) is 0 Å². The fourth-order valence-electron chi connectivity index (χ4n) is 4.33. The number of morpholine rings is 1. The number of para-hydroxylation sites is 1. The summed E-state index contributed by atoms with van der Waals surface area (Å²) in [7, 11) is 0. The van der Waals surface area contributed by atoms with Crippen LogP contribution in [0.5, 0.6) is 0 Å². The SMILES string of the molecule is O=C([C@@H](Sc1nc2ccccc2c(=O)n1C[C@@H]1CCCO1)c1ccccc1)N1CCOCC1. The van der Waals surface area contributed by atoms with Gasteiger partial charge < -0.3 is 14.4 Å². The smallest absolute Gasteiger partial charge is 0.262 e. The van der Waals surface area contributed by atoms with Gasteiger partial charge in [0.2, 0.25) is 5.91 Å². The summed E-state index contributed by atoms with van der Waals surface area (Å²) in [5, 5.41) is 0.619. The Balaban J connectivity index is 1.56. The number of rotatable bonds is 6. The molecular weight excluding hydrogens is 438 g/mol. The van der Waals surface area contributed by atoms with Gasteiger partial charge in [0.15, 0.2) is 5.16 Å². The Kier molecular flexibility index (Phi) is 6.75. The first kappa shape index (κ1) is 22.1. The highest BCUT2D eigenvalue weighted by Crippen LogP contribution is 2.36. The van der Waals surface area contributed by atoms with Gasteiger partial charge >= 0.3 is 0 Å². The van der Waals surface area contributed by atoms with Crippen LogP contribution < -0.4 is 5.56 Å². The van der Waals surface area contributed by atoms with Crippen molar-refractivity contribution in [2.24, 2.45) is 0 Å². The molecule has 0 N–H and O–H groups in total. The van der Waals surface area contributed by atoms with Gasteiger partial charge in [-0.1, -0.05) is 54.2 Å². The summed E-state index contributed by atoms with van der Waals surface area (Å²) in [6.45, 7) is 3.36. The van der Waals surface area contributed by atoms with Crippen LogP contribution in [0.15, 0.2) is 64.5 Å². The molecule has 1 aromatic heterocycles. The maximum atomic E-state index is 13.6. The third kappa shape index (κ3) is 4.83. The minimum atomic E-state index is -0.506. The van der Waals surface area contributed by atoms with Gasteiger partial charge in [-0.25, -0.2) is 4.98 Å². The van der Waals surface area contributed by atoms with Crippen molar-refractivity contribution in [3.05, 3.63) is 70.5 Å². The van der Waals surface area contributed by atoms with Gasteiger partial charge in [0, 0.05) is 19.7 Å². The standard InChI is InChI=1S/C25H27N3O4S/c29-23-20-10-4-5-11-21(20)26-25(28(23)17-19-9-6-14-32-19)33-22(18-7-2-1-3-8-18)24(30)27-12-15-31-16-13-27/h1-5,7-8,10-11,19,22H,6,9,12-17H2/t19-,22-/m0/s1. The average Bonchev–Trinajstić information content (AvgIpc) is 3.39. The first-order valence-electron chi connectivity index (χ1n) is 11.4. The number of fused-ring (bicyclic) bond motifs is 1. The molecule has 0 saturated carbocycles. The lowest BCUT2D eigenvalue weighted by atomic mass is 10.1. The van der Waals surface area contributed by atoms with Crippen LogP contribution in [0.25, 0.3) is 10.9 Å². The number of aromatic nitrogens is 2. The molecule has 0 aliphatic carbocycles. The fourth-order valence-corrected chi connectivity index (χ4v) is 5.52. The molecule has 8 heteroatoms. The Morgan fingerprint density at radius 1 is 1.06 bits per heavy atom. The molecule has 0 bridgehead atoms. The second kappa shape index (κ2) is 10.1. The summed E-state index contributed by atoms with van der Waals surface area (Å²) in [6.07, 6.45) is 1.89. The highest BCUT2D eigenvalue weighted by atomic mass is 32.2. The van der Waals surface area contributed by atoms with Crippen LogP contribution in [0.1, 0.15) is 23.7 Å². The average molecular weight is 466 g/mol. The first-order valence-corrected chi connectivity index (χ1v) is 12.3. The van der Waals surface area contributed by atoms with Crippen LogP contribution in [0.3, 0.4) is 0 Å². The maximum Gasteiger partial charge on any atom is 0.262 e. The van der Waals surface area contributed by atoms with Gasteiger partial charge in [0.1, 0.15) is 5.25 Å². The predicted molar refractivity (Wildman–Crippen MR) is 127 cm³/mol. The Morgan fingerprint density at radius 3 is 2.58 bits per heavy atom. The van der Waals surface area contributed by atoms with E-state index in [0.29, 0.717) is 55.5 Å². The minimum absolute atomic E-state index is 0.0144. The van der Waals surface area contributed by atoms with Crippen LogP contribution in [0.4, 0.5) is 0 Å². The first-order chi connectivity index (χ1) is 16.2. The number of ether oxygens (including phenoxy) is 2. The van der Waals surface area contributed by atoms with Crippen LogP contribution in [0.2, 0.25) is 0 Å². The second-order valence-electron chi connectivity index (χ2n) is 8.31. The summed E-state index contributed by atoms with van der Waals surface area (Å²) in [5.74, 6) is 0.0144. The molecule has 33 heavy (non-hydrogen) atoms. The summed E-state index contributed by atoms with van der Waals surface area (Å²) < 4.78 is 13.0. The van der Waals surface area contributed by atoms with Gasteiger partial charge in [-0.2, -0.15) is 0 Å². The highest BCUT2D eigenvalue weighted by Gasteiger charge is 2.30. The van der Waals surface area contributed by atoms with E-state index in [4.69, 9.17) is 14.5 Å². The molecule has 7 nitrogen and oxygen atoms in total. The van der Waals surface area contributed by atoms with Crippen LogP contribution in [-0.4, -0.2) is 59.4 Å². The molecular formula is C25H27N3O4S. The number of nitrogens with zero attached hydrogens (tertiary/aromatic N) is 3. The Bertz CT molecular complexity index is 1170. The van der Waals surface area contributed by atoms with Crippen LogP contribution in [0, 0.1) is 0 Å². The molecule has 0 radical (unpaired) electrons. The van der Waals surface area contributed by atoms with Crippen molar-refractivity contribution in [1.29, 1.82) is 0 Å². The van der Waals surface area contributed by atoms with Crippen LogP contribution in [-0.2, 0) is 20.8 Å². The summed E-state index contributed by atoms with van der Waals surface area (Å²) in [6, 6.07) is 17.1. The summed E-state index contributed by atoms with van der Waals surface area (Å²) in [4.78, 5) is 33.8. The largest absolute Gasteiger partial charge is 0.378 e. The van der Waals surface area contributed by atoms with Gasteiger partial charge in [0.25, 0.3) is 5.56 Å². The Hall–Kier alpha value is -2.68. The number of carbonyl (C=O) groups is 1. The lowest BCUT2D eigenvalue weighted by Crippen LogP contribution is -2.42. The molecule has 3 aromatic rings. The number of thioether (sulfide) groups is 1. The van der Waals surface area contributed by atoms with E-state index in [1.807, 2.05) is 53.4 Å². The third-order valence-electron chi connectivity index (χ3n) is 6.11. The van der Waals surface area contributed by atoms with Crippen molar-refractivity contribution in [1.82, 2.24) is 14.5 Å². The number of hydrogen-bond acceptors (Lipinski definition) is 6. The lowest BCUT2D eigenvalue weighted by molar-refractivity contribution is -0.134. The van der Waals surface area contributed by atoms with Crippen molar-refractivity contribution in [2.75, 3.05) is 32.9 Å². The second-order valence-corrected chi connectivity index (χ2v) is 9.38. The van der Waals surface area contributed by atoms with Crippen LogP contribution >= 0.6 is 11.8 Å². The molecule has 0 unspecified atom stereocenters. The van der Waals surface area contributed by atoms with E-state index in [-0.39, 0.29) is 17.6 Å². The van der Waals surface area contributed by atoms with E-state index in [0.717, 1.165) is 18.4 Å². The van der Waals surface area contributed by atoms with Gasteiger partial charge in [-0.05, 0) is 30.5 Å². The summed E-state index contributed by atoms with van der Waals surface area (Å²) >= 11 is 1.35. The molecule has 2 fully saturated rings. The predicted octanol–water partition coefficient (Wildman–Crippen LogP) is 3.27. The molecule has 0 spiro atoms. The highest BCUT2D eigenvalue weighted by molar-refractivity contribution is 8.00. The van der Waals surface area contributed by atoms with Crippen molar-refractivity contribution in [2.45, 2.75) is 35.9 Å². The lowest BCUT2D eigenvalue weighted by Gasteiger charge is -2.30. The number of benzene rings is 2. The van der Waals surface area contributed by atoms with E-state index >= 15 is 0 Å². The Labute approximate surface area is 196 Å². The molecule has 5 rings (SSSR count). The van der Waals surface area contributed by atoms with Crippen molar-refractivity contribution >= 4 is 28.6 Å². The number of hydrogen-bond donors (Lipinski definition) is 0. The fraction of sp³-hybridized carbons (Fsp3) is 0.400. The van der Waals surface area contributed by atoms with Crippen molar-refractivity contribution < 1.29 is 14.3 Å². The molecule has 2 atom stereocenters. The monoisotopic (exact) mass is 465 g/mol. The minimum Gasteiger partial charge on any atom is -0.378 e. The van der Waals surface area contributed by atoms with Gasteiger partial charge in [0.05, 0.1) is 36.8 Å². The summed E-state index contributed by atoms with van der Waals surface area (Å²) in [5.41, 5.74) is 1.44. The Morgan fingerprint density at radius 2 is 1.82 bits per heavy atom. The van der Waals surface area contributed by atoms with E-state index < -0.39 is 5.25 Å². The van der Waals surface area contributed by atoms with E-state index in [1.165, 1.54) is 11.8 Å². The molecule has 1 amide bonds. The molecule has 2 saturated heterocycles.